The van der Waals surface area contributed by atoms with Gasteiger partial charge in [0.05, 0.1) is 19.3 Å². The number of anilines is 2. The van der Waals surface area contributed by atoms with E-state index >= 15 is 0 Å². The van der Waals surface area contributed by atoms with E-state index in [9.17, 15) is 14.4 Å². The van der Waals surface area contributed by atoms with Gasteiger partial charge in [0.1, 0.15) is 17.9 Å². The van der Waals surface area contributed by atoms with Crippen molar-refractivity contribution in [1.82, 2.24) is 14.0 Å². The Morgan fingerprint density at radius 2 is 1.83 bits per heavy atom. The number of benzene rings is 1. The molecule has 0 aliphatic rings. The molecule has 2 aromatic rings. The fourth-order valence-electron chi connectivity index (χ4n) is 2.96. The summed E-state index contributed by atoms with van der Waals surface area (Å²) in [4.78, 5) is 36.7. The van der Waals surface area contributed by atoms with E-state index in [0.29, 0.717) is 38.5 Å². The number of aromatic nitrogens is 2. The Bertz CT molecular complexity index is 922. The van der Waals surface area contributed by atoms with E-state index < -0.39 is 0 Å². The molecule has 0 unspecified atom stereocenters. The number of aldehydes is 1. The van der Waals surface area contributed by atoms with Gasteiger partial charge in [0, 0.05) is 46.3 Å². The molecular weight excluding hydrogens is 374 g/mol. The second kappa shape index (κ2) is 11.1. The Morgan fingerprint density at radius 3 is 2.55 bits per heavy atom. The summed E-state index contributed by atoms with van der Waals surface area (Å²) in [5, 5.41) is 6.44. The van der Waals surface area contributed by atoms with Crippen molar-refractivity contribution in [1.29, 1.82) is 0 Å². The van der Waals surface area contributed by atoms with E-state index in [1.165, 1.54) is 17.7 Å². The van der Waals surface area contributed by atoms with Crippen molar-refractivity contribution in [2.45, 2.75) is 6.42 Å². The van der Waals surface area contributed by atoms with Gasteiger partial charge in [0.2, 0.25) is 0 Å². The normalized spacial score (nSPS) is 10.8. The summed E-state index contributed by atoms with van der Waals surface area (Å²) in [5.74, 6) is 1.26. The van der Waals surface area contributed by atoms with Gasteiger partial charge in [0.25, 0.3) is 5.56 Å². The second-order valence-electron chi connectivity index (χ2n) is 6.64. The maximum atomic E-state index is 11.9. The maximum Gasteiger partial charge on any atom is 0.332 e. The molecule has 2 rings (SSSR count). The van der Waals surface area contributed by atoms with Crippen LogP contribution in [-0.4, -0.2) is 60.2 Å². The number of para-hydroxylation sites is 2. The zero-order valence-corrected chi connectivity index (χ0v) is 17.2. The molecule has 1 heterocycles. The highest BCUT2D eigenvalue weighted by atomic mass is 16.5. The molecule has 0 spiro atoms. The van der Waals surface area contributed by atoms with E-state index in [1.54, 1.807) is 14.2 Å². The Hall–Kier alpha value is -3.07. The molecule has 0 aliphatic heterocycles. The fourth-order valence-corrected chi connectivity index (χ4v) is 2.96. The molecule has 0 fully saturated rings. The lowest BCUT2D eigenvalue weighted by molar-refractivity contribution is -0.108. The van der Waals surface area contributed by atoms with Crippen molar-refractivity contribution in [3.05, 3.63) is 51.2 Å². The van der Waals surface area contributed by atoms with Crippen LogP contribution < -0.4 is 26.6 Å². The van der Waals surface area contributed by atoms with Crippen LogP contribution in [0.3, 0.4) is 0 Å². The minimum atomic E-state index is -0.370. The van der Waals surface area contributed by atoms with Gasteiger partial charge >= 0.3 is 5.69 Å². The Morgan fingerprint density at radius 1 is 1.07 bits per heavy atom. The summed E-state index contributed by atoms with van der Waals surface area (Å²) in [6, 6.07) is 9.09. The Kier molecular flexibility index (Phi) is 8.47. The predicted molar refractivity (Wildman–Crippen MR) is 114 cm³/mol. The van der Waals surface area contributed by atoms with Crippen LogP contribution in [0.5, 0.6) is 5.75 Å². The summed E-state index contributed by atoms with van der Waals surface area (Å²) in [7, 11) is 4.70. The van der Waals surface area contributed by atoms with Crippen LogP contribution in [-0.2, 0) is 18.9 Å². The topological polar surface area (TPSA) is 97.6 Å². The number of hydrogen-bond acceptors (Lipinski definition) is 7. The van der Waals surface area contributed by atoms with Crippen LogP contribution in [0.4, 0.5) is 11.5 Å². The van der Waals surface area contributed by atoms with Crippen LogP contribution in [0.1, 0.15) is 6.42 Å². The number of nitrogens with zero attached hydrogens (tertiary/aromatic N) is 3. The van der Waals surface area contributed by atoms with Crippen molar-refractivity contribution in [2.24, 2.45) is 14.1 Å². The number of rotatable bonds is 12. The molecule has 2 N–H and O–H groups in total. The quantitative estimate of drug-likeness (QED) is 0.394. The number of hydrogen-bond donors (Lipinski definition) is 2. The molecule has 9 heteroatoms. The first-order valence-corrected chi connectivity index (χ1v) is 9.51. The van der Waals surface area contributed by atoms with Gasteiger partial charge in [0.15, 0.2) is 0 Å². The molecule has 0 amide bonds. The lowest BCUT2D eigenvalue weighted by Gasteiger charge is -2.21. The number of carbonyl (C=O) groups excluding carboxylic acids is 1. The highest BCUT2D eigenvalue weighted by molar-refractivity contribution is 5.56. The molecule has 0 atom stereocenters. The first-order valence-electron chi connectivity index (χ1n) is 9.51. The standard InChI is InChI=1S/C20H29N5O4/c1-23-18(15-19(27)24(2)20(23)28)22-9-6-11-25(13-14-26)12-10-21-16-7-4-5-8-17(16)29-3/h4-5,7-8,14-15,21-22H,6,9-13H2,1-3H3. The van der Waals surface area contributed by atoms with E-state index in [-0.39, 0.29) is 11.2 Å². The van der Waals surface area contributed by atoms with E-state index in [0.717, 1.165) is 28.7 Å². The van der Waals surface area contributed by atoms with Crippen molar-refractivity contribution in [2.75, 3.05) is 50.5 Å². The molecule has 0 saturated heterocycles. The molecule has 9 nitrogen and oxygen atoms in total. The van der Waals surface area contributed by atoms with E-state index in [1.807, 2.05) is 29.2 Å². The smallest absolute Gasteiger partial charge is 0.332 e. The predicted octanol–water partition coefficient (Wildman–Crippen LogP) is 0.508. The lowest BCUT2D eigenvalue weighted by atomic mass is 10.3. The van der Waals surface area contributed by atoms with E-state index in [4.69, 9.17) is 4.74 Å². The molecule has 1 aromatic heterocycles. The summed E-state index contributed by atoms with van der Waals surface area (Å²) in [6.07, 6.45) is 1.65. The highest BCUT2D eigenvalue weighted by Gasteiger charge is 2.07. The first kappa shape index (κ1) is 22.2. The van der Waals surface area contributed by atoms with Gasteiger partial charge in [-0.25, -0.2) is 4.79 Å². The molecule has 0 bridgehead atoms. The van der Waals surface area contributed by atoms with Gasteiger partial charge in [-0.05, 0) is 18.6 Å². The SMILES string of the molecule is COc1ccccc1NCCN(CC=O)CCCNc1cc(=O)n(C)c(=O)n1C. The number of nitrogens with one attached hydrogen (secondary N) is 2. The first-order chi connectivity index (χ1) is 14.0. The van der Waals surface area contributed by atoms with E-state index in [2.05, 4.69) is 10.6 Å². The third-order valence-corrected chi connectivity index (χ3v) is 4.67. The highest BCUT2D eigenvalue weighted by Crippen LogP contribution is 2.22. The number of ether oxygens (including phenoxy) is 1. The van der Waals surface area contributed by atoms with Gasteiger partial charge < -0.3 is 20.2 Å². The molecular formula is C20H29N5O4. The summed E-state index contributed by atoms with van der Waals surface area (Å²) in [6.45, 7) is 3.00. The fraction of sp³-hybridized carbons (Fsp3) is 0.450. The van der Waals surface area contributed by atoms with Crippen molar-refractivity contribution >= 4 is 17.8 Å². The van der Waals surface area contributed by atoms with Crippen LogP contribution in [0.2, 0.25) is 0 Å². The van der Waals surface area contributed by atoms with Gasteiger partial charge in [-0.1, -0.05) is 12.1 Å². The summed E-state index contributed by atoms with van der Waals surface area (Å²) >= 11 is 0. The largest absolute Gasteiger partial charge is 0.495 e. The third kappa shape index (κ3) is 6.21. The minimum Gasteiger partial charge on any atom is -0.495 e. The number of carbonyl (C=O) groups is 1. The second-order valence-corrected chi connectivity index (χ2v) is 6.64. The molecule has 0 aliphatic carbocycles. The average Bonchev–Trinajstić information content (AvgIpc) is 2.73. The lowest BCUT2D eigenvalue weighted by Crippen LogP contribution is -2.37. The van der Waals surface area contributed by atoms with Crippen molar-refractivity contribution in [3.63, 3.8) is 0 Å². The molecule has 158 valence electrons. The van der Waals surface area contributed by atoms with Gasteiger partial charge in [-0.2, -0.15) is 0 Å². The van der Waals surface area contributed by atoms with Crippen molar-refractivity contribution in [3.8, 4) is 5.75 Å². The zero-order chi connectivity index (χ0) is 21.2. The Balaban J connectivity index is 1.81. The molecule has 0 saturated carbocycles. The third-order valence-electron chi connectivity index (χ3n) is 4.67. The van der Waals surface area contributed by atoms with Gasteiger partial charge in [-0.15, -0.1) is 0 Å². The Labute approximate surface area is 169 Å². The van der Waals surface area contributed by atoms with Crippen LogP contribution in [0, 0.1) is 0 Å². The molecule has 1 aromatic carbocycles. The number of methoxy groups -OCH3 is 1. The summed E-state index contributed by atoms with van der Waals surface area (Å²) < 4.78 is 7.78. The molecule has 0 radical (unpaired) electrons. The summed E-state index contributed by atoms with van der Waals surface area (Å²) in [5.41, 5.74) is 0.194. The molecule has 29 heavy (non-hydrogen) atoms. The zero-order valence-electron chi connectivity index (χ0n) is 17.2. The van der Waals surface area contributed by atoms with Gasteiger partial charge in [-0.3, -0.25) is 18.8 Å². The van der Waals surface area contributed by atoms with Crippen LogP contribution >= 0.6 is 0 Å². The average molecular weight is 403 g/mol. The monoisotopic (exact) mass is 403 g/mol. The minimum absolute atomic E-state index is 0.345. The van der Waals surface area contributed by atoms with Crippen molar-refractivity contribution < 1.29 is 9.53 Å². The maximum absolute atomic E-state index is 11.9. The van der Waals surface area contributed by atoms with Crippen LogP contribution in [0.25, 0.3) is 0 Å². The van der Waals surface area contributed by atoms with Crippen LogP contribution in [0.15, 0.2) is 39.9 Å².